The van der Waals surface area contributed by atoms with Crippen LogP contribution in [-0.4, -0.2) is 24.4 Å². The van der Waals surface area contributed by atoms with E-state index in [0.717, 1.165) is 18.4 Å². The maximum Gasteiger partial charge on any atom is 0.251 e. The van der Waals surface area contributed by atoms with Gasteiger partial charge >= 0.3 is 0 Å². The highest BCUT2D eigenvalue weighted by Gasteiger charge is 2.23. The van der Waals surface area contributed by atoms with Crippen LogP contribution in [0.25, 0.3) is 0 Å². The summed E-state index contributed by atoms with van der Waals surface area (Å²) in [4.78, 5) is 23.2. The number of benzene rings is 1. The molecule has 96 valence electrons. The first-order valence-corrected chi connectivity index (χ1v) is 6.45. The zero-order valence-corrected chi connectivity index (χ0v) is 10.7. The van der Waals surface area contributed by atoms with E-state index in [9.17, 15) is 9.59 Å². The second kappa shape index (κ2) is 5.87. The van der Waals surface area contributed by atoms with Gasteiger partial charge in [0.25, 0.3) is 5.91 Å². The van der Waals surface area contributed by atoms with Gasteiger partial charge < -0.3 is 10.6 Å². The van der Waals surface area contributed by atoms with E-state index in [0.29, 0.717) is 17.5 Å². The minimum absolute atomic E-state index is 0.0143. The number of amides is 2. The van der Waals surface area contributed by atoms with Crippen LogP contribution in [0.2, 0.25) is 0 Å². The third kappa shape index (κ3) is 3.74. The molecule has 2 rings (SSSR count). The number of hydrogen-bond acceptors (Lipinski definition) is 2. The van der Waals surface area contributed by atoms with E-state index in [-0.39, 0.29) is 18.4 Å². The van der Waals surface area contributed by atoms with Gasteiger partial charge in [0.2, 0.25) is 5.91 Å². The number of rotatable bonds is 5. The molecular weight excluding hydrogens is 252 g/mol. The molecule has 1 aromatic rings. The summed E-state index contributed by atoms with van der Waals surface area (Å²) in [5.41, 5.74) is 1.40. The van der Waals surface area contributed by atoms with Crippen molar-refractivity contribution < 1.29 is 9.59 Å². The molecule has 1 saturated carbocycles. The lowest BCUT2D eigenvalue weighted by Gasteiger charge is -2.06. The van der Waals surface area contributed by atoms with Crippen molar-refractivity contribution in [2.75, 3.05) is 6.54 Å². The molecule has 2 amide bonds. The Morgan fingerprint density at radius 3 is 2.78 bits per heavy atom. The molecule has 0 heterocycles. The molecule has 0 bridgehead atoms. The van der Waals surface area contributed by atoms with Gasteiger partial charge in [0.05, 0.1) is 6.54 Å². The van der Waals surface area contributed by atoms with E-state index in [1.165, 1.54) is 0 Å². The van der Waals surface area contributed by atoms with Crippen molar-refractivity contribution in [2.45, 2.75) is 24.8 Å². The van der Waals surface area contributed by atoms with Gasteiger partial charge in [0.1, 0.15) is 0 Å². The number of carbonyl (C=O) groups excluding carboxylic acids is 2. The highest BCUT2D eigenvalue weighted by atomic mass is 35.5. The highest BCUT2D eigenvalue weighted by molar-refractivity contribution is 6.17. The highest BCUT2D eigenvalue weighted by Crippen LogP contribution is 2.18. The molecule has 4 nitrogen and oxygen atoms in total. The molecule has 5 heteroatoms. The molecule has 1 aromatic carbocycles. The SMILES string of the molecule is O=C(CNC(=O)c1cccc(CCl)c1)NC1CC1. The van der Waals surface area contributed by atoms with Gasteiger partial charge in [-0.25, -0.2) is 0 Å². The Bertz CT molecular complexity index is 458. The molecule has 1 aliphatic carbocycles. The van der Waals surface area contributed by atoms with Crippen molar-refractivity contribution in [3.63, 3.8) is 0 Å². The molecule has 2 N–H and O–H groups in total. The molecule has 0 saturated heterocycles. The first-order chi connectivity index (χ1) is 8.69. The predicted molar refractivity (Wildman–Crippen MR) is 69.5 cm³/mol. The molecular formula is C13H15ClN2O2. The smallest absolute Gasteiger partial charge is 0.251 e. The fourth-order valence-corrected chi connectivity index (χ4v) is 1.73. The molecule has 18 heavy (non-hydrogen) atoms. The molecule has 0 unspecified atom stereocenters. The Hall–Kier alpha value is -1.55. The van der Waals surface area contributed by atoms with Gasteiger partial charge in [-0.05, 0) is 30.5 Å². The Kier molecular flexibility index (Phi) is 4.20. The normalized spacial score (nSPS) is 14.1. The zero-order chi connectivity index (χ0) is 13.0. The van der Waals surface area contributed by atoms with Gasteiger partial charge in [-0.3, -0.25) is 9.59 Å². The van der Waals surface area contributed by atoms with Crippen LogP contribution in [0, 0.1) is 0 Å². The average molecular weight is 267 g/mol. The molecule has 1 aliphatic rings. The summed E-state index contributed by atoms with van der Waals surface area (Å²) in [6, 6.07) is 7.36. The monoisotopic (exact) mass is 266 g/mol. The molecule has 0 atom stereocenters. The summed E-state index contributed by atoms with van der Waals surface area (Å²) in [6.07, 6.45) is 2.08. The van der Waals surface area contributed by atoms with E-state index in [2.05, 4.69) is 10.6 Å². The standard InChI is InChI=1S/C13H15ClN2O2/c14-7-9-2-1-3-10(6-9)13(18)15-8-12(17)16-11-4-5-11/h1-3,6,11H,4-5,7-8H2,(H,15,18)(H,16,17). The van der Waals surface area contributed by atoms with E-state index < -0.39 is 0 Å². The number of nitrogens with one attached hydrogen (secondary N) is 2. The fraction of sp³-hybridized carbons (Fsp3) is 0.385. The van der Waals surface area contributed by atoms with Crippen LogP contribution in [0.4, 0.5) is 0 Å². The van der Waals surface area contributed by atoms with Crippen LogP contribution in [0.5, 0.6) is 0 Å². The quantitative estimate of drug-likeness (QED) is 0.792. The van der Waals surface area contributed by atoms with Crippen LogP contribution in [-0.2, 0) is 10.7 Å². The van der Waals surface area contributed by atoms with Crippen LogP contribution in [0.1, 0.15) is 28.8 Å². The van der Waals surface area contributed by atoms with Crippen molar-refractivity contribution in [3.05, 3.63) is 35.4 Å². The third-order valence-corrected chi connectivity index (χ3v) is 3.00. The van der Waals surface area contributed by atoms with Gasteiger partial charge in [0.15, 0.2) is 0 Å². The lowest BCUT2D eigenvalue weighted by atomic mass is 10.1. The Balaban J connectivity index is 1.84. The molecule has 0 aromatic heterocycles. The average Bonchev–Trinajstić information content (AvgIpc) is 3.20. The molecule has 1 fully saturated rings. The van der Waals surface area contributed by atoms with Gasteiger partial charge in [-0.15, -0.1) is 11.6 Å². The van der Waals surface area contributed by atoms with Gasteiger partial charge in [-0.1, -0.05) is 12.1 Å². The Labute approximate surface area is 111 Å². The molecule has 0 spiro atoms. The summed E-state index contributed by atoms with van der Waals surface area (Å²) >= 11 is 5.70. The summed E-state index contributed by atoms with van der Waals surface area (Å²) in [5.74, 6) is -0.0317. The van der Waals surface area contributed by atoms with Crippen molar-refractivity contribution in [1.29, 1.82) is 0 Å². The Morgan fingerprint density at radius 2 is 2.11 bits per heavy atom. The van der Waals surface area contributed by atoms with E-state index in [1.54, 1.807) is 18.2 Å². The lowest BCUT2D eigenvalue weighted by molar-refractivity contribution is -0.120. The van der Waals surface area contributed by atoms with Crippen molar-refractivity contribution in [1.82, 2.24) is 10.6 Å². The van der Waals surface area contributed by atoms with Crippen LogP contribution in [0.3, 0.4) is 0 Å². The largest absolute Gasteiger partial charge is 0.352 e. The van der Waals surface area contributed by atoms with Crippen molar-refractivity contribution >= 4 is 23.4 Å². The van der Waals surface area contributed by atoms with E-state index in [1.807, 2.05) is 6.07 Å². The molecule has 0 aliphatic heterocycles. The van der Waals surface area contributed by atoms with Gasteiger partial charge in [0, 0.05) is 17.5 Å². The second-order valence-electron chi connectivity index (χ2n) is 4.36. The maximum absolute atomic E-state index is 11.8. The first kappa shape index (κ1) is 12.9. The van der Waals surface area contributed by atoms with E-state index >= 15 is 0 Å². The summed E-state index contributed by atoms with van der Waals surface area (Å²) < 4.78 is 0. The van der Waals surface area contributed by atoms with Crippen LogP contribution < -0.4 is 10.6 Å². The summed E-state index contributed by atoms with van der Waals surface area (Å²) in [7, 11) is 0. The predicted octanol–water partition coefficient (Wildman–Crippen LogP) is 1.43. The minimum atomic E-state index is -0.257. The zero-order valence-electron chi connectivity index (χ0n) is 9.91. The topological polar surface area (TPSA) is 58.2 Å². The second-order valence-corrected chi connectivity index (χ2v) is 4.63. The fourth-order valence-electron chi connectivity index (χ4n) is 1.56. The first-order valence-electron chi connectivity index (χ1n) is 5.91. The Morgan fingerprint density at radius 1 is 1.33 bits per heavy atom. The summed E-state index contributed by atoms with van der Waals surface area (Å²) in [6.45, 7) is 0.0143. The minimum Gasteiger partial charge on any atom is -0.352 e. The van der Waals surface area contributed by atoms with E-state index in [4.69, 9.17) is 11.6 Å². The maximum atomic E-state index is 11.8. The van der Waals surface area contributed by atoms with Crippen LogP contribution >= 0.6 is 11.6 Å². The number of carbonyl (C=O) groups is 2. The number of hydrogen-bond donors (Lipinski definition) is 2. The number of alkyl halides is 1. The third-order valence-electron chi connectivity index (χ3n) is 2.70. The lowest BCUT2D eigenvalue weighted by Crippen LogP contribution is -2.37. The van der Waals surface area contributed by atoms with Crippen molar-refractivity contribution in [3.8, 4) is 0 Å². The number of halogens is 1. The van der Waals surface area contributed by atoms with Crippen molar-refractivity contribution in [2.24, 2.45) is 0 Å². The van der Waals surface area contributed by atoms with Gasteiger partial charge in [-0.2, -0.15) is 0 Å². The summed E-state index contributed by atoms with van der Waals surface area (Å²) in [5, 5.41) is 5.40. The molecule has 0 radical (unpaired) electrons. The van der Waals surface area contributed by atoms with Crippen LogP contribution in [0.15, 0.2) is 24.3 Å².